The Kier molecular flexibility index (Phi) is 1.24. The molecule has 4 nitrogen and oxygen atoms in total. The Labute approximate surface area is 57.0 Å². The number of amides is 2. The summed E-state index contributed by atoms with van der Waals surface area (Å²) in [7, 11) is 0. The Balaban J connectivity index is 2.27. The Bertz CT molecular complexity index is 218. The highest BCUT2D eigenvalue weighted by atomic mass is 32.1. The van der Waals surface area contributed by atoms with E-state index in [1.807, 2.05) is 0 Å². The number of hydrogen-bond donors (Lipinski definition) is 2. The molecule has 0 bridgehead atoms. The maximum atomic E-state index is 10.1. The number of urea groups is 1. The quantitative estimate of drug-likeness (QED) is 0.342. The molecule has 1 aliphatic rings. The van der Waals surface area contributed by atoms with Crippen molar-refractivity contribution in [2.75, 3.05) is 0 Å². The van der Waals surface area contributed by atoms with Crippen LogP contribution in [0.25, 0.3) is 0 Å². The van der Waals surface area contributed by atoms with Gasteiger partial charge in [-0.05, 0) is 12.2 Å². The molecule has 1 rings (SSSR count). The summed E-state index contributed by atoms with van der Waals surface area (Å²) in [6.07, 6.45) is 0. The summed E-state index contributed by atoms with van der Waals surface area (Å²) in [6.45, 7) is 0. The lowest BCUT2D eigenvalue weighted by Gasteiger charge is -2.00. The number of carbonyl (C=O) groups is 1. The fourth-order valence-corrected chi connectivity index (χ4v) is 0.480. The van der Waals surface area contributed by atoms with E-state index in [-0.39, 0.29) is 5.11 Å². The van der Waals surface area contributed by atoms with Gasteiger partial charge in [0, 0.05) is 0 Å². The molecule has 0 fully saturated rings. The molecule has 0 aromatic carbocycles. The first-order valence-electron chi connectivity index (χ1n) is 2.12. The number of thiocarbonyl (C=S) groups is 1. The third kappa shape index (κ3) is 1.58. The van der Waals surface area contributed by atoms with Gasteiger partial charge in [-0.3, -0.25) is 5.32 Å². The van der Waals surface area contributed by atoms with Gasteiger partial charge >= 0.3 is 6.03 Å². The van der Waals surface area contributed by atoms with Gasteiger partial charge in [-0.2, -0.15) is 4.90 Å². The Morgan fingerprint density at radius 3 is 2.56 bits per heavy atom. The van der Waals surface area contributed by atoms with E-state index < -0.39 is 6.03 Å². The highest BCUT2D eigenvalue weighted by Gasteiger charge is 2.12. The zero-order chi connectivity index (χ0) is 6.85. The van der Waals surface area contributed by atoms with Crippen LogP contribution in [0.4, 0.5) is 4.79 Å². The van der Waals surface area contributed by atoms with Gasteiger partial charge in [0.15, 0.2) is 0 Å². The first kappa shape index (κ1) is 5.85. The molecule has 0 saturated carbocycles. The summed E-state index contributed by atoms with van der Waals surface area (Å²) in [6, 6.07) is 4.35. The van der Waals surface area contributed by atoms with Gasteiger partial charge in [-0.25, -0.2) is 4.79 Å². The summed E-state index contributed by atoms with van der Waals surface area (Å²) in [5.41, 5.74) is 4.74. The zero-order valence-corrected chi connectivity index (χ0v) is 5.16. The van der Waals surface area contributed by atoms with Crippen molar-refractivity contribution in [3.8, 4) is 12.1 Å². The third-order valence-corrected chi connectivity index (χ3v) is 0.941. The van der Waals surface area contributed by atoms with Crippen LogP contribution in [-0.2, 0) is 0 Å². The number of primary amides is 1. The summed E-state index contributed by atoms with van der Waals surface area (Å²) in [5.74, 6) is 0. The van der Waals surface area contributed by atoms with Gasteiger partial charge in [-0.15, -0.1) is 0 Å². The van der Waals surface area contributed by atoms with Crippen LogP contribution >= 0.6 is 12.2 Å². The van der Waals surface area contributed by atoms with Crippen molar-refractivity contribution in [1.29, 1.82) is 0 Å². The van der Waals surface area contributed by atoms with Crippen molar-refractivity contribution in [1.82, 2.24) is 10.2 Å². The standard InChI is InChI=1S/C4H3N3OS/c5-3(8)6-4(9)7-1-2-7/h(H3,5,6,8,9). The van der Waals surface area contributed by atoms with Crippen molar-refractivity contribution in [2.45, 2.75) is 0 Å². The molecule has 46 valence electrons. The van der Waals surface area contributed by atoms with Gasteiger partial charge in [-0.1, -0.05) is 0 Å². The van der Waals surface area contributed by atoms with Gasteiger partial charge in [0.25, 0.3) is 0 Å². The average Bonchev–Trinajstić information content (AvgIpc) is 2.40. The molecule has 0 unspecified atom stereocenters. The smallest absolute Gasteiger partial charge is 0.318 e. The third-order valence-electron chi connectivity index (χ3n) is 0.657. The molecule has 0 aromatic heterocycles. The minimum Gasteiger partial charge on any atom is -0.351 e. The van der Waals surface area contributed by atoms with Crippen LogP contribution < -0.4 is 11.1 Å². The first-order valence-corrected chi connectivity index (χ1v) is 2.53. The normalized spacial score (nSPS) is 11.3. The fourth-order valence-electron chi connectivity index (χ4n) is 0.288. The lowest BCUT2D eigenvalue weighted by Crippen LogP contribution is -2.38. The molecular formula is C4H3N3OS. The van der Waals surface area contributed by atoms with Gasteiger partial charge < -0.3 is 5.73 Å². The Morgan fingerprint density at radius 2 is 2.22 bits per heavy atom. The van der Waals surface area contributed by atoms with Crippen molar-refractivity contribution in [3.05, 3.63) is 0 Å². The van der Waals surface area contributed by atoms with Crippen molar-refractivity contribution in [3.63, 3.8) is 0 Å². The van der Waals surface area contributed by atoms with Crippen molar-refractivity contribution >= 4 is 23.4 Å². The molecule has 0 aromatic rings. The van der Waals surface area contributed by atoms with Crippen LogP contribution in [0.1, 0.15) is 0 Å². The van der Waals surface area contributed by atoms with E-state index in [2.05, 4.69) is 29.6 Å². The molecule has 3 N–H and O–H groups in total. The highest BCUT2D eigenvalue weighted by molar-refractivity contribution is 7.80. The van der Waals surface area contributed by atoms with Crippen LogP contribution in [0, 0.1) is 12.1 Å². The largest absolute Gasteiger partial charge is 0.351 e. The van der Waals surface area contributed by atoms with Crippen LogP contribution in [0.5, 0.6) is 0 Å². The summed E-state index contributed by atoms with van der Waals surface area (Å²) in [4.78, 5) is 11.4. The van der Waals surface area contributed by atoms with Crippen molar-refractivity contribution < 1.29 is 4.79 Å². The molecule has 0 atom stereocenters. The summed E-state index contributed by atoms with van der Waals surface area (Å²) < 4.78 is 0. The van der Waals surface area contributed by atoms with Gasteiger partial charge in [0.1, 0.15) is 0 Å². The number of hydrogen-bond acceptors (Lipinski definition) is 2. The molecule has 5 heteroatoms. The minimum absolute atomic E-state index is 0.211. The number of nitrogens with two attached hydrogens (primary N) is 1. The second-order valence-corrected chi connectivity index (χ2v) is 1.74. The Morgan fingerprint density at radius 1 is 1.67 bits per heavy atom. The fraction of sp³-hybridized carbons (Fsp3) is 0. The molecule has 0 radical (unpaired) electrons. The zero-order valence-electron chi connectivity index (χ0n) is 4.34. The molecular weight excluding hydrogens is 138 g/mol. The van der Waals surface area contributed by atoms with E-state index in [9.17, 15) is 4.79 Å². The molecule has 1 aliphatic heterocycles. The number of nitrogens with zero attached hydrogens (tertiary/aromatic N) is 1. The van der Waals surface area contributed by atoms with Gasteiger partial charge in [0.2, 0.25) is 5.11 Å². The van der Waals surface area contributed by atoms with E-state index in [1.165, 1.54) is 4.90 Å². The molecule has 0 aliphatic carbocycles. The van der Waals surface area contributed by atoms with E-state index in [0.29, 0.717) is 0 Å². The van der Waals surface area contributed by atoms with Crippen LogP contribution in [0.3, 0.4) is 0 Å². The maximum absolute atomic E-state index is 10.1. The van der Waals surface area contributed by atoms with E-state index in [0.717, 1.165) is 0 Å². The topological polar surface area (TPSA) is 58.1 Å². The van der Waals surface area contributed by atoms with Crippen molar-refractivity contribution in [2.24, 2.45) is 5.73 Å². The lowest BCUT2D eigenvalue weighted by molar-refractivity contribution is 0.253. The highest BCUT2D eigenvalue weighted by Crippen LogP contribution is 1.93. The Hall–Kier alpha value is -1.28. The first-order chi connectivity index (χ1) is 4.20. The number of carbonyl (C=O) groups excluding carboxylic acids is 1. The molecule has 0 saturated heterocycles. The second kappa shape index (κ2) is 1.91. The van der Waals surface area contributed by atoms with E-state index in [1.54, 1.807) is 0 Å². The van der Waals surface area contributed by atoms with Crippen LogP contribution in [0.15, 0.2) is 0 Å². The molecule has 0 spiro atoms. The molecule has 1 heterocycles. The predicted octanol–water partition coefficient (Wildman–Crippen LogP) is -0.826. The maximum Gasteiger partial charge on any atom is 0.318 e. The monoisotopic (exact) mass is 141 g/mol. The lowest BCUT2D eigenvalue weighted by atomic mass is 10.9. The second-order valence-electron chi connectivity index (χ2n) is 1.35. The predicted molar refractivity (Wildman–Crippen MR) is 34.9 cm³/mol. The SMILES string of the molecule is NC(=O)NC(=S)N1C#C1. The molecule has 2 amide bonds. The van der Waals surface area contributed by atoms with Gasteiger partial charge in [0.05, 0.1) is 12.1 Å². The summed E-state index contributed by atoms with van der Waals surface area (Å²) in [5, 5.41) is 2.39. The van der Waals surface area contributed by atoms with E-state index >= 15 is 0 Å². The minimum atomic E-state index is -0.671. The number of nitrogens with one attached hydrogen (secondary N) is 1. The van der Waals surface area contributed by atoms with Crippen LogP contribution in [-0.4, -0.2) is 16.0 Å². The molecule has 9 heavy (non-hydrogen) atoms. The van der Waals surface area contributed by atoms with E-state index in [4.69, 9.17) is 5.73 Å². The number of rotatable bonds is 0. The van der Waals surface area contributed by atoms with Crippen LogP contribution in [0.2, 0.25) is 0 Å². The average molecular weight is 141 g/mol. The summed E-state index contributed by atoms with van der Waals surface area (Å²) >= 11 is 4.61.